The Hall–Kier alpha value is -0.230. The predicted molar refractivity (Wildman–Crippen MR) is 86.1 cm³/mol. The lowest BCUT2D eigenvalue weighted by atomic mass is 10.2. The molecule has 0 bridgehead atoms. The number of nitrogens with zero attached hydrogens (tertiary/aromatic N) is 1. The molecule has 0 saturated carbocycles. The Kier molecular flexibility index (Phi) is 5.40. The van der Waals surface area contributed by atoms with Crippen LogP contribution in [0, 0.1) is 0 Å². The van der Waals surface area contributed by atoms with Crippen molar-refractivity contribution in [2.24, 2.45) is 0 Å². The van der Waals surface area contributed by atoms with Gasteiger partial charge in [-0.2, -0.15) is 16.1 Å². The van der Waals surface area contributed by atoms with Crippen molar-refractivity contribution in [1.82, 2.24) is 4.31 Å². The highest BCUT2D eigenvalue weighted by Crippen LogP contribution is 2.29. The van der Waals surface area contributed by atoms with E-state index in [1.54, 1.807) is 16.4 Å². The Morgan fingerprint density at radius 2 is 1.95 bits per heavy atom. The molecule has 112 valence electrons. The van der Waals surface area contributed by atoms with E-state index in [0.717, 1.165) is 17.7 Å². The molecule has 1 aliphatic heterocycles. The van der Waals surface area contributed by atoms with Gasteiger partial charge in [0.2, 0.25) is 10.0 Å². The Morgan fingerprint density at radius 3 is 2.55 bits per heavy atom. The zero-order chi connectivity index (χ0) is 14.8. The number of aryl methyl sites for hydroxylation is 1. The fourth-order valence-electron chi connectivity index (χ4n) is 2.32. The van der Waals surface area contributed by atoms with Crippen LogP contribution in [0.15, 0.2) is 29.2 Å². The Bertz CT molecular complexity index is 545. The van der Waals surface area contributed by atoms with Gasteiger partial charge in [0.25, 0.3) is 0 Å². The highest BCUT2D eigenvalue weighted by atomic mass is 35.5. The molecule has 0 N–H and O–H groups in total. The van der Waals surface area contributed by atoms with Gasteiger partial charge in [0.05, 0.1) is 4.90 Å². The summed E-state index contributed by atoms with van der Waals surface area (Å²) in [5.41, 5.74) is 1.06. The van der Waals surface area contributed by atoms with Crippen molar-refractivity contribution in [3.8, 4) is 0 Å². The van der Waals surface area contributed by atoms with E-state index in [-0.39, 0.29) is 6.04 Å². The number of benzene rings is 1. The number of rotatable bonds is 4. The van der Waals surface area contributed by atoms with Crippen LogP contribution in [0.5, 0.6) is 0 Å². The third-order valence-corrected chi connectivity index (χ3v) is 7.27. The minimum atomic E-state index is -3.39. The maximum atomic E-state index is 12.7. The summed E-state index contributed by atoms with van der Waals surface area (Å²) in [6.45, 7) is 4.65. The van der Waals surface area contributed by atoms with Gasteiger partial charge in [0.15, 0.2) is 0 Å². The summed E-state index contributed by atoms with van der Waals surface area (Å²) >= 11 is 7.52. The summed E-state index contributed by atoms with van der Waals surface area (Å²) in [5.74, 6) is 1.40. The van der Waals surface area contributed by atoms with E-state index in [9.17, 15) is 8.42 Å². The minimum absolute atomic E-state index is 0.0290. The first-order valence-electron chi connectivity index (χ1n) is 6.75. The molecule has 1 fully saturated rings. The maximum absolute atomic E-state index is 12.7. The lowest BCUT2D eigenvalue weighted by molar-refractivity contribution is 0.340. The number of sulfonamides is 1. The Labute approximate surface area is 130 Å². The first-order chi connectivity index (χ1) is 9.46. The molecule has 0 radical (unpaired) electrons. The molecule has 0 spiro atoms. The average Bonchev–Trinajstić information content (AvgIpc) is 2.42. The van der Waals surface area contributed by atoms with E-state index in [0.29, 0.717) is 22.6 Å². The number of alkyl halides is 1. The summed E-state index contributed by atoms with van der Waals surface area (Å²) in [5, 5.41) is 0.328. The van der Waals surface area contributed by atoms with Gasteiger partial charge in [-0.3, -0.25) is 0 Å². The van der Waals surface area contributed by atoms with Crippen LogP contribution in [0.4, 0.5) is 0 Å². The van der Waals surface area contributed by atoms with Gasteiger partial charge in [0, 0.05) is 29.5 Å². The highest BCUT2D eigenvalue weighted by molar-refractivity contribution is 8.00. The van der Waals surface area contributed by atoms with E-state index in [2.05, 4.69) is 6.92 Å². The predicted octanol–water partition coefficient (Wildman–Crippen LogP) is 2.98. The lowest BCUT2D eigenvalue weighted by Crippen LogP contribution is -2.47. The zero-order valence-corrected chi connectivity index (χ0v) is 14.1. The molecular formula is C14H20ClNO2S2. The molecule has 1 aromatic rings. The number of halogens is 1. The molecule has 6 heteroatoms. The summed E-state index contributed by atoms with van der Waals surface area (Å²) in [6, 6.07) is 7.11. The molecule has 1 aliphatic rings. The summed E-state index contributed by atoms with van der Waals surface area (Å²) in [6.07, 6.45) is 0.760. The maximum Gasteiger partial charge on any atom is 0.243 e. The monoisotopic (exact) mass is 333 g/mol. The van der Waals surface area contributed by atoms with Crippen LogP contribution in [0.3, 0.4) is 0 Å². The van der Waals surface area contributed by atoms with Crippen molar-refractivity contribution in [3.63, 3.8) is 0 Å². The molecule has 2 atom stereocenters. The second-order valence-electron chi connectivity index (χ2n) is 5.02. The van der Waals surface area contributed by atoms with Gasteiger partial charge >= 0.3 is 0 Å². The largest absolute Gasteiger partial charge is 0.243 e. The molecule has 2 unspecified atom stereocenters. The van der Waals surface area contributed by atoms with Crippen molar-refractivity contribution < 1.29 is 8.42 Å². The molecule has 1 heterocycles. The van der Waals surface area contributed by atoms with Gasteiger partial charge in [-0.25, -0.2) is 8.42 Å². The first kappa shape index (κ1) is 16.1. The van der Waals surface area contributed by atoms with Gasteiger partial charge in [-0.1, -0.05) is 19.1 Å². The second kappa shape index (κ2) is 6.69. The highest BCUT2D eigenvalue weighted by Gasteiger charge is 2.34. The molecule has 1 aromatic carbocycles. The quantitative estimate of drug-likeness (QED) is 0.795. The van der Waals surface area contributed by atoms with Crippen molar-refractivity contribution in [2.75, 3.05) is 18.2 Å². The first-order valence-corrected chi connectivity index (χ1v) is 9.77. The molecular weight excluding hydrogens is 314 g/mol. The average molecular weight is 334 g/mol. The van der Waals surface area contributed by atoms with Crippen molar-refractivity contribution >= 4 is 33.4 Å². The smallest absolute Gasteiger partial charge is 0.207 e. The molecule has 0 amide bonds. The Balaban J connectivity index is 2.25. The van der Waals surface area contributed by atoms with Crippen LogP contribution in [0.2, 0.25) is 0 Å². The van der Waals surface area contributed by atoms with Crippen molar-refractivity contribution in [1.29, 1.82) is 0 Å². The molecule has 1 saturated heterocycles. The Morgan fingerprint density at radius 1 is 1.30 bits per heavy atom. The van der Waals surface area contributed by atoms with E-state index in [4.69, 9.17) is 11.6 Å². The molecule has 20 heavy (non-hydrogen) atoms. The van der Waals surface area contributed by atoms with Crippen LogP contribution in [-0.2, 0) is 16.4 Å². The standard InChI is InChI=1S/C14H20ClNO2S2/c1-11-12(2)19-10-9-16(11)20(17,18)14-5-3-13(4-6-14)7-8-15/h3-6,11-12H,7-10H2,1-2H3. The zero-order valence-electron chi connectivity index (χ0n) is 11.8. The summed E-state index contributed by atoms with van der Waals surface area (Å²) in [7, 11) is -3.39. The van der Waals surface area contributed by atoms with Gasteiger partial charge in [-0.15, -0.1) is 11.6 Å². The van der Waals surface area contributed by atoms with Crippen LogP contribution >= 0.6 is 23.4 Å². The third kappa shape index (κ3) is 3.32. The molecule has 2 rings (SSSR count). The lowest BCUT2D eigenvalue weighted by Gasteiger charge is -2.36. The summed E-state index contributed by atoms with van der Waals surface area (Å²) in [4.78, 5) is 0.377. The molecule has 0 aromatic heterocycles. The summed E-state index contributed by atoms with van der Waals surface area (Å²) < 4.78 is 27.0. The number of thioether (sulfide) groups is 1. The molecule has 0 aliphatic carbocycles. The molecule has 3 nitrogen and oxygen atoms in total. The van der Waals surface area contributed by atoms with Crippen molar-refractivity contribution in [3.05, 3.63) is 29.8 Å². The van der Waals surface area contributed by atoms with Crippen LogP contribution < -0.4 is 0 Å². The van der Waals surface area contributed by atoms with E-state index in [1.165, 1.54) is 0 Å². The second-order valence-corrected chi connectivity index (χ2v) is 8.77. The SMILES string of the molecule is CC1SCCN(S(=O)(=O)c2ccc(CCCl)cc2)C1C. The van der Waals surface area contributed by atoms with Crippen LogP contribution in [0.25, 0.3) is 0 Å². The van der Waals surface area contributed by atoms with Crippen LogP contribution in [0.1, 0.15) is 19.4 Å². The third-order valence-electron chi connectivity index (χ3n) is 3.74. The minimum Gasteiger partial charge on any atom is -0.207 e. The topological polar surface area (TPSA) is 37.4 Å². The number of hydrogen-bond donors (Lipinski definition) is 0. The van der Waals surface area contributed by atoms with Crippen molar-refractivity contribution in [2.45, 2.75) is 36.5 Å². The number of hydrogen-bond acceptors (Lipinski definition) is 3. The van der Waals surface area contributed by atoms with Gasteiger partial charge in [-0.05, 0) is 31.0 Å². The fraction of sp³-hybridized carbons (Fsp3) is 0.571. The van der Waals surface area contributed by atoms with E-state index in [1.807, 2.05) is 30.8 Å². The van der Waals surface area contributed by atoms with Crippen LogP contribution in [-0.4, -0.2) is 42.2 Å². The van der Waals surface area contributed by atoms with Gasteiger partial charge < -0.3 is 0 Å². The van der Waals surface area contributed by atoms with Gasteiger partial charge in [0.1, 0.15) is 0 Å². The van der Waals surface area contributed by atoms with E-state index >= 15 is 0 Å². The normalized spacial score (nSPS) is 24.8. The van der Waals surface area contributed by atoms with E-state index < -0.39 is 10.0 Å². The fourth-order valence-corrected chi connectivity index (χ4v) is 5.53.